The Morgan fingerprint density at radius 3 is 2.13 bits per heavy atom. The molecule has 15 heteroatoms. The third-order valence-electron chi connectivity index (χ3n) is 10.1. The minimum absolute atomic E-state index is 0.0263. The number of rotatable bonds is 29. The number of ether oxygens (including phenoxy) is 2. The highest BCUT2D eigenvalue weighted by molar-refractivity contribution is 7.52. The monoisotopic (exact) mass is 798 g/mol. The normalized spacial score (nSPS) is 16.4. The number of likely N-dealkylation sites (N-methyl/N-ethyl adjacent to an activating group) is 1. The van der Waals surface area contributed by atoms with Gasteiger partial charge in [0.1, 0.15) is 31.9 Å². The maximum atomic E-state index is 15.7. The van der Waals surface area contributed by atoms with Crippen molar-refractivity contribution in [3.8, 4) is 0 Å². The summed E-state index contributed by atoms with van der Waals surface area (Å²) in [5.41, 5.74) is 2.74. The van der Waals surface area contributed by atoms with Crippen molar-refractivity contribution in [2.75, 3.05) is 47.5 Å². The van der Waals surface area contributed by atoms with E-state index >= 15 is 8.63 Å². The Morgan fingerprint density at radius 2 is 1.51 bits per heavy atom. The summed E-state index contributed by atoms with van der Waals surface area (Å²) in [7, 11) is 0.986. The van der Waals surface area contributed by atoms with Crippen molar-refractivity contribution < 1.29 is 55.5 Å². The molecule has 3 heterocycles. The minimum atomic E-state index is -4.71. The number of halogens is 2. The standard InChI is InChI=1S/C40H67BF2N3O8P/c1-7-8-9-10-11-12-13-14-15-16-17-18-19-23-39(47)51-31-37(32-53-55(49,50)52-28-27-46(4,5)6)54-40(48)24-21-20-22-35-25-26-36-30-38-33(2)29-34(3)44(38)41(42,43)45(35)36/h25-26,29-30,37H,7-24,27-28,31-32H2,1-6H3/q+1/p+1/t37-/m1/s1. The van der Waals surface area contributed by atoms with Crippen LogP contribution in [0.25, 0.3) is 6.08 Å². The SMILES string of the molecule is CCCCCCCCCCCCCCCC(=[OH+])OC[C@H](CO[P+]([O])([O-])OCC[N+](C)(C)C)OC(=O)CCCCC1=[N+]2C(=Cc3c(C)cc(C)n3[B-]2(F)F)C=C1. The number of hydrogen-bond acceptors (Lipinski definition) is 6. The molecule has 3 rings (SSSR count). The van der Waals surface area contributed by atoms with Crippen LogP contribution < -0.4 is 4.89 Å². The van der Waals surface area contributed by atoms with E-state index in [1.807, 2.05) is 28.1 Å². The molecule has 0 saturated heterocycles. The van der Waals surface area contributed by atoms with Crippen molar-refractivity contribution in [1.29, 1.82) is 0 Å². The number of aromatic nitrogens is 1. The number of allylic oxidation sites excluding steroid dienone is 2. The molecule has 1 atom stereocenters. The molecular formula is C40H68BF2N3O8P+2. The molecule has 0 amide bonds. The number of fused-ring (bicyclic) bond motifs is 2. The van der Waals surface area contributed by atoms with Crippen molar-refractivity contribution in [1.82, 2.24) is 4.48 Å². The zero-order chi connectivity index (χ0) is 40.5. The molecule has 1 aromatic rings. The molecule has 0 aromatic carbocycles. The highest BCUT2D eigenvalue weighted by Crippen LogP contribution is 2.48. The van der Waals surface area contributed by atoms with Gasteiger partial charge >= 0.3 is 27.1 Å². The number of carbonyl (C=O) groups excluding carboxylic acids is 2. The Hall–Kier alpha value is -2.48. The molecule has 1 aromatic heterocycles. The second-order valence-electron chi connectivity index (χ2n) is 16.2. The number of hydrogen-bond donors (Lipinski definition) is 0. The van der Waals surface area contributed by atoms with Crippen molar-refractivity contribution in [3.05, 3.63) is 40.9 Å². The molecule has 0 saturated carbocycles. The topological polar surface area (TPSA) is 126 Å². The van der Waals surface area contributed by atoms with Crippen LogP contribution in [-0.4, -0.2) is 96.5 Å². The summed E-state index contributed by atoms with van der Waals surface area (Å²) in [6, 6.07) is 1.76. The molecule has 0 spiro atoms. The zero-order valence-corrected chi connectivity index (χ0v) is 35.3. The van der Waals surface area contributed by atoms with Gasteiger partial charge in [0, 0.05) is 41.7 Å². The van der Waals surface area contributed by atoms with Crippen LogP contribution in [0.4, 0.5) is 8.63 Å². The van der Waals surface area contributed by atoms with Crippen LogP contribution in [0, 0.1) is 13.8 Å². The van der Waals surface area contributed by atoms with Crippen molar-refractivity contribution in [3.63, 3.8) is 0 Å². The summed E-state index contributed by atoms with van der Waals surface area (Å²) in [6.07, 6.45) is 21.1. The fourth-order valence-electron chi connectivity index (χ4n) is 7.03. The van der Waals surface area contributed by atoms with Gasteiger partial charge in [0.25, 0.3) is 0 Å². The highest BCUT2D eigenvalue weighted by Gasteiger charge is 2.52. The first-order valence-corrected chi connectivity index (χ1v) is 22.0. The highest BCUT2D eigenvalue weighted by atomic mass is 31.2. The van der Waals surface area contributed by atoms with Gasteiger partial charge in [-0.1, -0.05) is 84.0 Å². The second-order valence-corrected chi connectivity index (χ2v) is 17.6. The van der Waals surface area contributed by atoms with E-state index in [2.05, 4.69) is 6.92 Å². The lowest BCUT2D eigenvalue weighted by Crippen LogP contribution is -2.50. The fraction of sp³-hybridized carbons (Fsp3) is 0.725. The quantitative estimate of drug-likeness (QED) is 0.0200. The van der Waals surface area contributed by atoms with E-state index in [0.29, 0.717) is 59.5 Å². The summed E-state index contributed by atoms with van der Waals surface area (Å²) in [5.74, 6) is -0.833. The van der Waals surface area contributed by atoms with Crippen LogP contribution >= 0.6 is 8.17 Å². The minimum Gasteiger partial charge on any atom is -0.603 e. The molecule has 11 nitrogen and oxygen atoms in total. The molecule has 0 unspecified atom stereocenters. The van der Waals surface area contributed by atoms with E-state index in [9.17, 15) is 19.4 Å². The Balaban J connectivity index is 1.42. The van der Waals surface area contributed by atoms with Crippen LogP contribution in [0.5, 0.6) is 0 Å². The van der Waals surface area contributed by atoms with Crippen molar-refractivity contribution in [2.24, 2.45) is 0 Å². The van der Waals surface area contributed by atoms with Gasteiger partial charge in [-0.05, 0) is 50.4 Å². The molecule has 1 N–H and O–H groups in total. The maximum absolute atomic E-state index is 15.7. The molecule has 311 valence electrons. The number of nitrogens with zero attached hydrogens (tertiary/aromatic N) is 3. The molecule has 2 aliphatic heterocycles. The Bertz CT molecular complexity index is 1470. The first-order chi connectivity index (χ1) is 26.0. The average Bonchev–Trinajstić information content (AvgIpc) is 3.65. The summed E-state index contributed by atoms with van der Waals surface area (Å²) >= 11 is 0. The first kappa shape index (κ1) is 46.9. The summed E-state index contributed by atoms with van der Waals surface area (Å²) in [6.45, 7) is 1.16. The van der Waals surface area contributed by atoms with Gasteiger partial charge in [-0.15, -0.1) is 0 Å². The van der Waals surface area contributed by atoms with Crippen LogP contribution in [0.2, 0.25) is 0 Å². The van der Waals surface area contributed by atoms with E-state index in [1.165, 1.54) is 57.8 Å². The number of unbranched alkanes of at least 4 members (excludes halogenated alkanes) is 13. The van der Waals surface area contributed by atoms with E-state index in [1.54, 1.807) is 31.2 Å². The average molecular weight is 799 g/mol. The lowest BCUT2D eigenvalue weighted by Gasteiger charge is -2.30. The van der Waals surface area contributed by atoms with Crippen LogP contribution in [0.15, 0.2) is 23.9 Å². The van der Waals surface area contributed by atoms with E-state index in [0.717, 1.165) is 40.2 Å². The number of quaternary nitrogens is 1. The largest absolute Gasteiger partial charge is 0.737 e. The van der Waals surface area contributed by atoms with Gasteiger partial charge in [0.15, 0.2) is 11.8 Å². The smallest absolute Gasteiger partial charge is 0.603 e. The van der Waals surface area contributed by atoms with Gasteiger partial charge in [-0.25, -0.2) is 0 Å². The van der Waals surface area contributed by atoms with E-state index < -0.39 is 33.8 Å². The second kappa shape index (κ2) is 23.1. The van der Waals surface area contributed by atoms with E-state index in [4.69, 9.17) is 18.5 Å². The van der Waals surface area contributed by atoms with Crippen LogP contribution in [0.1, 0.15) is 139 Å². The van der Waals surface area contributed by atoms with Gasteiger partial charge in [-0.3, -0.25) is 4.79 Å². The molecule has 0 aliphatic carbocycles. The summed E-state index contributed by atoms with van der Waals surface area (Å²) < 4.78 is 55.2. The number of aryl methyl sites for hydroxylation is 2. The van der Waals surface area contributed by atoms with Crippen molar-refractivity contribution >= 4 is 38.9 Å². The lowest BCUT2D eigenvalue weighted by molar-refractivity contribution is -0.870. The predicted molar refractivity (Wildman–Crippen MR) is 214 cm³/mol. The lowest BCUT2D eigenvalue weighted by atomic mass is 9.90. The molecule has 1 radical (unpaired) electrons. The number of carbonyl (C=O) groups is 1. The maximum Gasteiger partial charge on any atom is 0.737 e. The predicted octanol–water partition coefficient (Wildman–Crippen LogP) is 8.39. The van der Waals surface area contributed by atoms with Gasteiger partial charge < -0.3 is 41.2 Å². The van der Waals surface area contributed by atoms with Gasteiger partial charge in [-0.2, -0.15) is 9.05 Å². The van der Waals surface area contributed by atoms with Gasteiger partial charge in [0.2, 0.25) is 6.61 Å². The third kappa shape index (κ3) is 16.5. The Kier molecular flexibility index (Phi) is 19.7. The zero-order valence-electron chi connectivity index (χ0n) is 34.4. The molecule has 55 heavy (non-hydrogen) atoms. The summed E-state index contributed by atoms with van der Waals surface area (Å²) in [5, 5.41) is 0. The Labute approximate surface area is 329 Å². The van der Waals surface area contributed by atoms with E-state index in [-0.39, 0.29) is 25.6 Å². The number of esters is 2. The first-order valence-electron chi connectivity index (χ1n) is 20.6. The fourth-order valence-corrected chi connectivity index (χ4v) is 7.75. The third-order valence-corrected chi connectivity index (χ3v) is 11.1. The Morgan fingerprint density at radius 1 is 0.909 bits per heavy atom. The molecule has 0 bridgehead atoms. The molecule has 0 fully saturated rings. The summed E-state index contributed by atoms with van der Waals surface area (Å²) in [4.78, 5) is 48.1. The molecule has 2 aliphatic rings. The molecular weight excluding hydrogens is 730 g/mol. The van der Waals surface area contributed by atoms with Gasteiger partial charge in [0.05, 0.1) is 21.1 Å². The van der Waals surface area contributed by atoms with Crippen LogP contribution in [0.3, 0.4) is 0 Å². The van der Waals surface area contributed by atoms with Crippen molar-refractivity contribution in [2.45, 2.75) is 142 Å². The van der Waals surface area contributed by atoms with Crippen LogP contribution in [-0.2, 0) is 28.2 Å².